The second-order valence-electron chi connectivity index (χ2n) is 6.61. The van der Waals surface area contributed by atoms with E-state index in [-0.39, 0.29) is 11.6 Å². The number of benzene rings is 4. The molecule has 0 unspecified atom stereocenters. The first kappa shape index (κ1) is 18.7. The maximum Gasteiger partial charge on any atom is 0.139 e. The summed E-state index contributed by atoms with van der Waals surface area (Å²) in [5, 5.41) is 1.70. The van der Waals surface area contributed by atoms with Crippen molar-refractivity contribution in [1.82, 2.24) is 0 Å². The molecule has 0 spiro atoms. The minimum Gasteiger partial charge on any atom is -0.494 e. The van der Waals surface area contributed by atoms with Crippen molar-refractivity contribution in [2.75, 3.05) is 6.61 Å². The molecule has 0 aliphatic carbocycles. The quantitative estimate of drug-likeness (QED) is 0.362. The summed E-state index contributed by atoms with van der Waals surface area (Å²) in [6, 6.07) is 22.7. The van der Waals surface area contributed by atoms with Crippen LogP contribution in [0.5, 0.6) is 5.75 Å². The van der Waals surface area contributed by atoms with Gasteiger partial charge in [0.25, 0.3) is 0 Å². The normalized spacial score (nSPS) is 10.4. The van der Waals surface area contributed by atoms with E-state index in [0.717, 1.165) is 33.2 Å². The predicted octanol–water partition coefficient (Wildman–Crippen LogP) is 6.58. The first-order valence-electron chi connectivity index (χ1n) is 9.36. The second kappa shape index (κ2) is 8.16. The molecule has 0 saturated carbocycles. The Kier molecular flexibility index (Phi) is 5.27. The van der Waals surface area contributed by atoms with Crippen molar-refractivity contribution < 1.29 is 13.5 Å². The largest absolute Gasteiger partial charge is 0.494 e. The highest BCUT2D eigenvalue weighted by Gasteiger charge is 2.04. The van der Waals surface area contributed by atoms with Crippen molar-refractivity contribution in [1.29, 1.82) is 0 Å². The van der Waals surface area contributed by atoms with Crippen LogP contribution < -0.4 is 4.74 Å². The van der Waals surface area contributed by atoms with Gasteiger partial charge in [-0.3, -0.25) is 0 Å². The molecule has 0 N–H and O–H groups in total. The summed E-state index contributed by atoms with van der Waals surface area (Å²) in [6.45, 7) is 2.54. The third-order valence-electron chi connectivity index (χ3n) is 4.61. The van der Waals surface area contributed by atoms with Crippen LogP contribution in [0.1, 0.15) is 18.1 Å². The van der Waals surface area contributed by atoms with Gasteiger partial charge in [0.2, 0.25) is 0 Å². The lowest BCUT2D eigenvalue weighted by atomic mass is 10.0. The summed E-state index contributed by atoms with van der Waals surface area (Å²) in [5.41, 5.74) is 2.77. The summed E-state index contributed by atoms with van der Waals surface area (Å²) in [6.07, 6.45) is 0. The molecule has 0 bridgehead atoms. The highest BCUT2D eigenvalue weighted by atomic mass is 19.1. The maximum atomic E-state index is 14.6. The van der Waals surface area contributed by atoms with Gasteiger partial charge in [0.1, 0.15) is 17.4 Å². The Bertz CT molecular complexity index is 1230. The lowest BCUT2D eigenvalue weighted by Gasteiger charge is -2.06. The SMILES string of the molecule is CCOc1ccc(-c2ccc(C#Cc3ccc4cc(F)ccc4c3)c(F)c2)cc1. The predicted molar refractivity (Wildman–Crippen MR) is 113 cm³/mol. The van der Waals surface area contributed by atoms with Gasteiger partial charge in [-0.25, -0.2) is 8.78 Å². The molecule has 3 heteroatoms. The summed E-state index contributed by atoms with van der Waals surface area (Å²) < 4.78 is 33.3. The molecule has 0 fully saturated rings. The number of hydrogen-bond donors (Lipinski definition) is 0. The number of halogens is 2. The Hall–Kier alpha value is -3.64. The van der Waals surface area contributed by atoms with Crippen LogP contribution in [0.2, 0.25) is 0 Å². The molecule has 0 heterocycles. The van der Waals surface area contributed by atoms with Gasteiger partial charge < -0.3 is 4.74 Å². The molecule has 29 heavy (non-hydrogen) atoms. The van der Waals surface area contributed by atoms with Crippen LogP contribution in [0, 0.1) is 23.5 Å². The van der Waals surface area contributed by atoms with Crippen LogP contribution in [0.25, 0.3) is 21.9 Å². The Morgan fingerprint density at radius 1 is 0.724 bits per heavy atom. The summed E-state index contributed by atoms with van der Waals surface area (Å²) in [5.74, 6) is 6.03. The van der Waals surface area contributed by atoms with Gasteiger partial charge in [0, 0.05) is 5.56 Å². The summed E-state index contributed by atoms with van der Waals surface area (Å²) in [7, 11) is 0. The van der Waals surface area contributed by atoms with Gasteiger partial charge >= 0.3 is 0 Å². The molecule has 0 atom stereocenters. The van der Waals surface area contributed by atoms with Gasteiger partial charge in [-0.15, -0.1) is 0 Å². The summed E-state index contributed by atoms with van der Waals surface area (Å²) >= 11 is 0. The monoisotopic (exact) mass is 384 g/mol. The molecule has 4 aromatic carbocycles. The van der Waals surface area contributed by atoms with E-state index in [0.29, 0.717) is 12.2 Å². The molecule has 0 radical (unpaired) electrons. The minimum atomic E-state index is -0.369. The smallest absolute Gasteiger partial charge is 0.139 e. The fraction of sp³-hybridized carbons (Fsp3) is 0.0769. The molecule has 142 valence electrons. The molecular weight excluding hydrogens is 366 g/mol. The second-order valence-corrected chi connectivity index (χ2v) is 6.61. The number of hydrogen-bond acceptors (Lipinski definition) is 1. The lowest BCUT2D eigenvalue weighted by molar-refractivity contribution is 0.340. The molecule has 4 rings (SSSR count). The molecule has 0 aliphatic rings. The highest BCUT2D eigenvalue weighted by Crippen LogP contribution is 2.24. The van der Waals surface area contributed by atoms with Gasteiger partial charge in [0.05, 0.1) is 12.2 Å². The molecule has 0 aromatic heterocycles. The third-order valence-corrected chi connectivity index (χ3v) is 4.61. The average Bonchev–Trinajstić information content (AvgIpc) is 2.73. The molecule has 0 saturated heterocycles. The zero-order valence-corrected chi connectivity index (χ0v) is 15.9. The van der Waals surface area contributed by atoms with E-state index in [2.05, 4.69) is 11.8 Å². The van der Waals surface area contributed by atoms with Crippen LogP contribution in [0.3, 0.4) is 0 Å². The van der Waals surface area contributed by atoms with Crippen LogP contribution in [0.15, 0.2) is 78.9 Å². The first-order valence-corrected chi connectivity index (χ1v) is 9.36. The Labute approximate surface area is 168 Å². The van der Waals surface area contributed by atoms with E-state index in [4.69, 9.17) is 4.74 Å². The van der Waals surface area contributed by atoms with Crippen molar-refractivity contribution in [2.24, 2.45) is 0 Å². The van der Waals surface area contributed by atoms with Crippen molar-refractivity contribution in [3.05, 3.63) is 102 Å². The lowest BCUT2D eigenvalue weighted by Crippen LogP contribution is -1.91. The van der Waals surface area contributed by atoms with Crippen LogP contribution in [0.4, 0.5) is 8.78 Å². The van der Waals surface area contributed by atoms with E-state index in [9.17, 15) is 8.78 Å². The minimum absolute atomic E-state index is 0.272. The van der Waals surface area contributed by atoms with E-state index in [1.165, 1.54) is 18.2 Å². The number of ether oxygens (including phenoxy) is 1. The van der Waals surface area contributed by atoms with Crippen molar-refractivity contribution in [3.63, 3.8) is 0 Å². The highest BCUT2D eigenvalue weighted by molar-refractivity contribution is 5.84. The maximum absolute atomic E-state index is 14.6. The molecule has 1 nitrogen and oxygen atoms in total. The molecule has 0 amide bonds. The third kappa shape index (κ3) is 4.28. The van der Waals surface area contributed by atoms with E-state index in [1.807, 2.05) is 49.4 Å². The van der Waals surface area contributed by atoms with E-state index < -0.39 is 0 Å². The first-order chi connectivity index (χ1) is 14.1. The van der Waals surface area contributed by atoms with Gasteiger partial charge in [0.15, 0.2) is 0 Å². The van der Waals surface area contributed by atoms with Crippen molar-refractivity contribution >= 4 is 10.8 Å². The zero-order valence-electron chi connectivity index (χ0n) is 15.9. The fourth-order valence-corrected chi connectivity index (χ4v) is 3.14. The Morgan fingerprint density at radius 3 is 2.21 bits per heavy atom. The number of rotatable bonds is 3. The topological polar surface area (TPSA) is 9.23 Å². The fourth-order valence-electron chi connectivity index (χ4n) is 3.14. The standard InChI is InChI=1S/C26H18F2O/c1-2-29-25-13-10-19(11-14-25)23-8-7-20(26(28)17-23)5-3-18-4-6-22-16-24(27)12-9-21(22)15-18/h4,6-17H,2H2,1H3. The Balaban J connectivity index is 1.58. The molecule has 0 aliphatic heterocycles. The van der Waals surface area contributed by atoms with E-state index >= 15 is 0 Å². The van der Waals surface area contributed by atoms with Gasteiger partial charge in [-0.05, 0) is 77.4 Å². The van der Waals surface area contributed by atoms with E-state index in [1.54, 1.807) is 18.2 Å². The van der Waals surface area contributed by atoms with Crippen molar-refractivity contribution in [2.45, 2.75) is 6.92 Å². The van der Waals surface area contributed by atoms with Gasteiger partial charge in [-0.2, -0.15) is 0 Å². The molecular formula is C26H18F2O. The molecule has 4 aromatic rings. The average molecular weight is 384 g/mol. The van der Waals surface area contributed by atoms with Crippen molar-refractivity contribution in [3.8, 4) is 28.7 Å². The van der Waals surface area contributed by atoms with Crippen LogP contribution in [-0.2, 0) is 0 Å². The van der Waals surface area contributed by atoms with Gasteiger partial charge in [-0.1, -0.05) is 42.2 Å². The Morgan fingerprint density at radius 2 is 1.45 bits per heavy atom. The number of fused-ring (bicyclic) bond motifs is 1. The van der Waals surface area contributed by atoms with Crippen LogP contribution >= 0.6 is 0 Å². The summed E-state index contributed by atoms with van der Waals surface area (Å²) in [4.78, 5) is 0. The van der Waals surface area contributed by atoms with Crippen LogP contribution in [-0.4, -0.2) is 6.61 Å². The zero-order chi connectivity index (χ0) is 20.2.